The predicted molar refractivity (Wildman–Crippen MR) is 117 cm³/mol. The van der Waals surface area contributed by atoms with Crippen LogP contribution in [-0.4, -0.2) is 55.2 Å². The summed E-state index contributed by atoms with van der Waals surface area (Å²) < 4.78 is 6.68. The lowest BCUT2D eigenvalue weighted by Gasteiger charge is -2.35. The first-order chi connectivity index (χ1) is 11.7. The average molecular weight is 538 g/mol. The molecule has 1 fully saturated rings. The van der Waals surface area contributed by atoms with Crippen molar-refractivity contribution < 1.29 is 4.74 Å². The fourth-order valence-corrected chi connectivity index (χ4v) is 3.41. The van der Waals surface area contributed by atoms with Gasteiger partial charge in [-0.2, -0.15) is 0 Å². The Balaban J connectivity index is 0.00000225. The van der Waals surface area contributed by atoms with E-state index in [1.165, 1.54) is 0 Å². The van der Waals surface area contributed by atoms with Crippen molar-refractivity contribution in [2.75, 3.05) is 44.2 Å². The highest BCUT2D eigenvalue weighted by Crippen LogP contribution is 2.19. The van der Waals surface area contributed by atoms with Crippen molar-refractivity contribution in [3.8, 4) is 5.75 Å². The summed E-state index contributed by atoms with van der Waals surface area (Å²) in [6.07, 6.45) is 1.84. The summed E-state index contributed by atoms with van der Waals surface area (Å²) >= 11 is 5.07. The fraction of sp³-hybridized carbons (Fsp3) is 0.375. The van der Waals surface area contributed by atoms with Crippen LogP contribution in [-0.2, 0) is 0 Å². The zero-order chi connectivity index (χ0) is 16.8. The van der Waals surface area contributed by atoms with E-state index in [1.54, 1.807) is 11.3 Å². The maximum atomic E-state index is 6.09. The van der Waals surface area contributed by atoms with Gasteiger partial charge in [0.05, 0.1) is 6.54 Å². The molecule has 3 rings (SSSR count). The molecule has 0 atom stereocenters. The first-order valence-electron chi connectivity index (χ1n) is 7.80. The van der Waals surface area contributed by atoms with Crippen molar-refractivity contribution in [3.63, 3.8) is 0 Å². The second-order valence-corrected chi connectivity index (χ2v) is 7.12. The largest absolute Gasteiger partial charge is 0.492 e. The lowest BCUT2D eigenvalue weighted by atomic mass is 10.3. The highest BCUT2D eigenvalue weighted by atomic mass is 127. The molecule has 136 valence electrons. The molecule has 6 nitrogen and oxygen atoms in total. The monoisotopic (exact) mass is 537 g/mol. The quantitative estimate of drug-likeness (QED) is 0.275. The van der Waals surface area contributed by atoms with Crippen LogP contribution in [0, 0.1) is 0 Å². The van der Waals surface area contributed by atoms with E-state index in [1.807, 2.05) is 35.8 Å². The van der Waals surface area contributed by atoms with E-state index in [2.05, 4.69) is 35.7 Å². The number of rotatable bonds is 5. The van der Waals surface area contributed by atoms with Crippen LogP contribution in [0.4, 0.5) is 5.13 Å². The molecule has 1 aliphatic rings. The molecule has 0 amide bonds. The number of thiazole rings is 1. The Morgan fingerprint density at radius 2 is 1.96 bits per heavy atom. The van der Waals surface area contributed by atoms with Crippen molar-refractivity contribution in [1.82, 2.24) is 9.88 Å². The maximum absolute atomic E-state index is 6.09. The number of nitrogens with zero attached hydrogens (tertiary/aromatic N) is 4. The molecule has 0 saturated carbocycles. The van der Waals surface area contributed by atoms with Crippen LogP contribution in [0.2, 0.25) is 0 Å². The Morgan fingerprint density at radius 3 is 2.60 bits per heavy atom. The number of nitrogens with two attached hydrogens (primary N) is 1. The number of hydrogen-bond donors (Lipinski definition) is 1. The molecular formula is C16H21BrIN5OS. The molecule has 0 radical (unpaired) electrons. The number of aromatic nitrogens is 1. The third-order valence-corrected chi connectivity index (χ3v) is 5.10. The fourth-order valence-electron chi connectivity index (χ4n) is 2.45. The molecule has 1 aromatic carbocycles. The molecule has 9 heteroatoms. The molecule has 2 heterocycles. The van der Waals surface area contributed by atoms with E-state index >= 15 is 0 Å². The van der Waals surface area contributed by atoms with Crippen LogP contribution in [0.25, 0.3) is 0 Å². The van der Waals surface area contributed by atoms with Gasteiger partial charge in [-0.05, 0) is 24.3 Å². The van der Waals surface area contributed by atoms with E-state index in [-0.39, 0.29) is 24.0 Å². The zero-order valence-electron chi connectivity index (χ0n) is 13.7. The number of hydrogen-bond acceptors (Lipinski definition) is 5. The van der Waals surface area contributed by atoms with E-state index < -0.39 is 0 Å². The summed E-state index contributed by atoms with van der Waals surface area (Å²) in [5.74, 6) is 1.43. The van der Waals surface area contributed by atoms with E-state index in [9.17, 15) is 0 Å². The summed E-state index contributed by atoms with van der Waals surface area (Å²) in [6.45, 7) is 4.62. The Kier molecular flexibility index (Phi) is 8.24. The van der Waals surface area contributed by atoms with E-state index in [0.29, 0.717) is 19.1 Å². The number of benzene rings is 1. The minimum absolute atomic E-state index is 0. The number of ether oxygens (including phenoxy) is 1. The third kappa shape index (κ3) is 6.00. The summed E-state index contributed by atoms with van der Waals surface area (Å²) in [4.78, 5) is 13.2. The van der Waals surface area contributed by atoms with Gasteiger partial charge in [-0.25, -0.2) is 9.98 Å². The molecule has 0 aliphatic carbocycles. The first kappa shape index (κ1) is 20.2. The van der Waals surface area contributed by atoms with Crippen molar-refractivity contribution in [2.45, 2.75) is 0 Å². The standard InChI is InChI=1S/C16H20BrN5OS.HI/c17-13-1-3-14(4-2-13)23-11-5-19-15(18)21-7-9-22(10-8-21)16-20-6-12-24-16;/h1-4,6,12H,5,7-11H2,(H2,18,19);1H. The third-order valence-electron chi connectivity index (χ3n) is 3.74. The molecule has 1 aliphatic heterocycles. The summed E-state index contributed by atoms with van der Waals surface area (Å²) in [7, 11) is 0. The first-order valence-corrected chi connectivity index (χ1v) is 9.47. The van der Waals surface area contributed by atoms with Crippen LogP contribution in [0.3, 0.4) is 0 Å². The summed E-state index contributed by atoms with van der Waals surface area (Å²) in [5, 5.41) is 3.08. The van der Waals surface area contributed by atoms with Gasteiger partial charge in [0.1, 0.15) is 12.4 Å². The van der Waals surface area contributed by atoms with E-state index in [4.69, 9.17) is 10.5 Å². The lowest BCUT2D eigenvalue weighted by molar-refractivity contribution is 0.326. The molecule has 1 aromatic heterocycles. The van der Waals surface area contributed by atoms with Crippen LogP contribution in [0.15, 0.2) is 45.3 Å². The van der Waals surface area contributed by atoms with Crippen molar-refractivity contribution in [3.05, 3.63) is 40.3 Å². The van der Waals surface area contributed by atoms with Gasteiger partial charge < -0.3 is 20.3 Å². The number of anilines is 1. The number of halogens is 2. The lowest BCUT2D eigenvalue weighted by Crippen LogP contribution is -2.51. The molecular weight excluding hydrogens is 517 g/mol. The van der Waals surface area contributed by atoms with Crippen LogP contribution >= 0.6 is 51.2 Å². The van der Waals surface area contributed by atoms with E-state index in [0.717, 1.165) is 41.5 Å². The predicted octanol–water partition coefficient (Wildman–Crippen LogP) is 3.04. The molecule has 2 aromatic rings. The Bertz CT molecular complexity index is 660. The highest BCUT2D eigenvalue weighted by molar-refractivity contribution is 14.0. The number of aliphatic imine (C=N–C) groups is 1. The normalized spacial score (nSPS) is 15.0. The Hall–Kier alpha value is -1.07. The number of piperazine rings is 1. The zero-order valence-corrected chi connectivity index (χ0v) is 18.4. The SMILES string of the molecule is I.NC(=NCCOc1ccc(Br)cc1)N1CCN(c2nccs2)CC1. The molecule has 0 unspecified atom stereocenters. The minimum Gasteiger partial charge on any atom is -0.492 e. The Labute approximate surface area is 177 Å². The maximum Gasteiger partial charge on any atom is 0.191 e. The van der Waals surface area contributed by atoms with Crippen LogP contribution in [0.1, 0.15) is 0 Å². The smallest absolute Gasteiger partial charge is 0.191 e. The van der Waals surface area contributed by atoms with Crippen LogP contribution in [0.5, 0.6) is 5.75 Å². The number of guanidine groups is 1. The van der Waals surface area contributed by atoms with Crippen molar-refractivity contribution in [1.29, 1.82) is 0 Å². The highest BCUT2D eigenvalue weighted by Gasteiger charge is 2.19. The molecule has 0 spiro atoms. The summed E-state index contributed by atoms with van der Waals surface area (Å²) in [6, 6.07) is 7.76. The van der Waals surface area contributed by atoms with Crippen LogP contribution < -0.4 is 15.4 Å². The molecule has 25 heavy (non-hydrogen) atoms. The van der Waals surface area contributed by atoms with Gasteiger partial charge in [0, 0.05) is 42.2 Å². The topological polar surface area (TPSA) is 67.0 Å². The Morgan fingerprint density at radius 1 is 1.24 bits per heavy atom. The molecule has 2 N–H and O–H groups in total. The van der Waals surface area contributed by atoms with Gasteiger partial charge in [0.15, 0.2) is 11.1 Å². The molecule has 1 saturated heterocycles. The van der Waals surface area contributed by atoms with Crippen molar-refractivity contribution in [2.24, 2.45) is 10.7 Å². The second-order valence-electron chi connectivity index (χ2n) is 5.33. The molecule has 0 bridgehead atoms. The van der Waals surface area contributed by atoms with Crippen molar-refractivity contribution >= 4 is 62.3 Å². The van der Waals surface area contributed by atoms with Gasteiger partial charge in [-0.1, -0.05) is 15.9 Å². The second kappa shape index (κ2) is 10.2. The average Bonchev–Trinajstić information content (AvgIpc) is 3.15. The van der Waals surface area contributed by atoms with Gasteiger partial charge in [0.2, 0.25) is 0 Å². The van der Waals surface area contributed by atoms with Gasteiger partial charge in [0.25, 0.3) is 0 Å². The minimum atomic E-state index is 0. The van der Waals surface area contributed by atoms with Gasteiger partial charge >= 0.3 is 0 Å². The van der Waals surface area contributed by atoms with Gasteiger partial charge in [-0.15, -0.1) is 35.3 Å². The summed E-state index contributed by atoms with van der Waals surface area (Å²) in [5.41, 5.74) is 6.09. The van der Waals surface area contributed by atoms with Gasteiger partial charge in [-0.3, -0.25) is 0 Å².